The van der Waals surface area contributed by atoms with Crippen molar-refractivity contribution in [3.8, 4) is 0 Å². The molecule has 0 aromatic carbocycles. The third-order valence-electron chi connectivity index (χ3n) is 2.28. The molecule has 0 N–H and O–H groups in total. The molecule has 1 nitrogen and oxygen atoms in total. The highest BCUT2D eigenvalue weighted by atomic mass is 35.5. The molecular weight excluding hydrogens is 202 g/mol. The minimum Gasteiger partial charge on any atom is -0.306 e. The van der Waals surface area contributed by atoms with Gasteiger partial charge in [0.25, 0.3) is 0 Å². The largest absolute Gasteiger partial charge is 0.306 e. The zero-order chi connectivity index (χ0) is 10.1. The van der Waals surface area contributed by atoms with Crippen molar-refractivity contribution in [2.24, 2.45) is 5.92 Å². The third kappa shape index (κ3) is 8.92. The number of thioether (sulfide) groups is 1. The lowest BCUT2D eigenvalue weighted by Gasteiger charge is -2.18. The van der Waals surface area contributed by atoms with Crippen LogP contribution in [0.4, 0.5) is 0 Å². The third-order valence-corrected chi connectivity index (χ3v) is 3.09. The molecule has 0 aliphatic rings. The van der Waals surface area contributed by atoms with Gasteiger partial charge in [-0.05, 0) is 38.6 Å². The van der Waals surface area contributed by atoms with E-state index in [9.17, 15) is 0 Å². The Morgan fingerprint density at radius 1 is 1.31 bits per heavy atom. The highest BCUT2D eigenvalue weighted by Gasteiger charge is 2.03. The Kier molecular flexibility index (Phi) is 9.59. The lowest BCUT2D eigenvalue weighted by Crippen LogP contribution is -2.23. The van der Waals surface area contributed by atoms with Crippen LogP contribution in [-0.2, 0) is 0 Å². The van der Waals surface area contributed by atoms with Crippen LogP contribution in [0.15, 0.2) is 0 Å². The molecule has 0 bridgehead atoms. The molecule has 80 valence electrons. The number of alkyl halides is 1. The SMILES string of the molecule is CSCCN(C)CCC(C)CCCl. The van der Waals surface area contributed by atoms with E-state index >= 15 is 0 Å². The molecule has 0 aliphatic carbocycles. The highest BCUT2D eigenvalue weighted by Crippen LogP contribution is 2.08. The number of halogens is 1. The van der Waals surface area contributed by atoms with Crippen LogP contribution in [0.3, 0.4) is 0 Å². The van der Waals surface area contributed by atoms with Crippen LogP contribution < -0.4 is 0 Å². The van der Waals surface area contributed by atoms with Crippen LogP contribution in [0.25, 0.3) is 0 Å². The summed E-state index contributed by atoms with van der Waals surface area (Å²) in [6.45, 7) is 4.69. The lowest BCUT2D eigenvalue weighted by atomic mass is 10.1. The summed E-state index contributed by atoms with van der Waals surface area (Å²) in [7, 11) is 2.20. The summed E-state index contributed by atoms with van der Waals surface area (Å²) in [4.78, 5) is 2.40. The maximum atomic E-state index is 5.68. The minimum absolute atomic E-state index is 0.772. The van der Waals surface area contributed by atoms with Gasteiger partial charge in [-0.15, -0.1) is 11.6 Å². The molecule has 0 spiro atoms. The Hall–Kier alpha value is 0.600. The summed E-state index contributed by atoms with van der Waals surface area (Å²) in [6, 6.07) is 0. The van der Waals surface area contributed by atoms with Crippen LogP contribution in [0, 0.1) is 5.92 Å². The quantitative estimate of drug-likeness (QED) is 0.583. The summed E-state index contributed by atoms with van der Waals surface area (Å²) in [6.07, 6.45) is 4.58. The fraction of sp³-hybridized carbons (Fsp3) is 1.00. The van der Waals surface area contributed by atoms with Gasteiger partial charge < -0.3 is 4.90 Å². The normalized spacial score (nSPS) is 13.6. The monoisotopic (exact) mass is 223 g/mol. The Labute approximate surface area is 92.2 Å². The van der Waals surface area contributed by atoms with Crippen LogP contribution >= 0.6 is 23.4 Å². The van der Waals surface area contributed by atoms with Gasteiger partial charge in [0.05, 0.1) is 0 Å². The van der Waals surface area contributed by atoms with E-state index in [2.05, 4.69) is 25.1 Å². The first kappa shape index (κ1) is 13.6. The van der Waals surface area contributed by atoms with Gasteiger partial charge in [0.2, 0.25) is 0 Å². The Balaban J connectivity index is 3.29. The van der Waals surface area contributed by atoms with Gasteiger partial charge in [0.1, 0.15) is 0 Å². The van der Waals surface area contributed by atoms with E-state index in [1.807, 2.05) is 11.8 Å². The molecule has 13 heavy (non-hydrogen) atoms. The molecular formula is C10H22ClNS. The smallest absolute Gasteiger partial charge is 0.0225 e. The predicted molar refractivity (Wildman–Crippen MR) is 65.0 cm³/mol. The molecule has 0 rings (SSSR count). The van der Waals surface area contributed by atoms with Gasteiger partial charge in [0.15, 0.2) is 0 Å². The van der Waals surface area contributed by atoms with Gasteiger partial charge >= 0.3 is 0 Å². The standard InChI is InChI=1S/C10H22ClNS/c1-10(4-6-11)5-7-12(2)8-9-13-3/h10H,4-9H2,1-3H3. The molecule has 0 aromatic rings. The van der Waals surface area contributed by atoms with Crippen LogP contribution in [0.5, 0.6) is 0 Å². The van der Waals surface area contributed by atoms with E-state index in [1.165, 1.54) is 25.3 Å². The van der Waals surface area contributed by atoms with Crippen LogP contribution in [0.2, 0.25) is 0 Å². The molecule has 0 heterocycles. The van der Waals surface area contributed by atoms with Gasteiger partial charge in [-0.1, -0.05) is 6.92 Å². The van der Waals surface area contributed by atoms with Crippen LogP contribution in [0.1, 0.15) is 19.8 Å². The Bertz CT molecular complexity index is 111. The molecule has 0 amide bonds. The molecule has 1 atom stereocenters. The second kappa shape index (κ2) is 9.17. The van der Waals surface area contributed by atoms with E-state index in [-0.39, 0.29) is 0 Å². The first-order valence-electron chi connectivity index (χ1n) is 4.94. The van der Waals surface area contributed by atoms with E-state index in [0.717, 1.165) is 18.2 Å². The van der Waals surface area contributed by atoms with Crippen molar-refractivity contribution in [3.63, 3.8) is 0 Å². The molecule has 3 heteroatoms. The second-order valence-electron chi connectivity index (χ2n) is 3.67. The van der Waals surface area contributed by atoms with Gasteiger partial charge in [-0.3, -0.25) is 0 Å². The zero-order valence-corrected chi connectivity index (χ0v) is 10.6. The predicted octanol–water partition coefficient (Wildman–Crippen LogP) is 2.94. The van der Waals surface area contributed by atoms with Crippen molar-refractivity contribution >= 4 is 23.4 Å². The fourth-order valence-electron chi connectivity index (χ4n) is 1.13. The van der Waals surface area contributed by atoms with Gasteiger partial charge in [0, 0.05) is 18.2 Å². The van der Waals surface area contributed by atoms with Crippen molar-refractivity contribution in [2.45, 2.75) is 19.8 Å². The van der Waals surface area contributed by atoms with E-state index < -0.39 is 0 Å². The van der Waals surface area contributed by atoms with Crippen molar-refractivity contribution in [3.05, 3.63) is 0 Å². The number of nitrogens with zero attached hydrogens (tertiary/aromatic N) is 1. The first-order chi connectivity index (χ1) is 6.20. The Morgan fingerprint density at radius 3 is 2.54 bits per heavy atom. The van der Waals surface area contributed by atoms with Crippen molar-refractivity contribution in [1.29, 1.82) is 0 Å². The summed E-state index contributed by atoms with van der Waals surface area (Å²) >= 11 is 7.59. The summed E-state index contributed by atoms with van der Waals surface area (Å²) in [5.41, 5.74) is 0. The Morgan fingerprint density at radius 2 is 2.00 bits per heavy atom. The molecule has 0 fully saturated rings. The average molecular weight is 224 g/mol. The second-order valence-corrected chi connectivity index (χ2v) is 5.03. The maximum Gasteiger partial charge on any atom is 0.0225 e. The summed E-state index contributed by atoms with van der Waals surface area (Å²) in [5, 5.41) is 0. The van der Waals surface area contributed by atoms with E-state index in [0.29, 0.717) is 0 Å². The zero-order valence-electron chi connectivity index (χ0n) is 9.05. The maximum absolute atomic E-state index is 5.68. The van der Waals surface area contributed by atoms with Crippen molar-refractivity contribution in [1.82, 2.24) is 4.90 Å². The van der Waals surface area contributed by atoms with Gasteiger partial charge in [-0.25, -0.2) is 0 Å². The van der Waals surface area contributed by atoms with E-state index in [4.69, 9.17) is 11.6 Å². The molecule has 1 unspecified atom stereocenters. The summed E-state index contributed by atoms with van der Waals surface area (Å²) < 4.78 is 0. The number of rotatable bonds is 8. The highest BCUT2D eigenvalue weighted by molar-refractivity contribution is 7.98. The molecule has 0 saturated heterocycles. The lowest BCUT2D eigenvalue weighted by molar-refractivity contribution is 0.319. The minimum atomic E-state index is 0.772. The molecule has 0 aromatic heterocycles. The molecule has 0 saturated carbocycles. The van der Waals surface area contributed by atoms with E-state index in [1.54, 1.807) is 0 Å². The van der Waals surface area contributed by atoms with Crippen molar-refractivity contribution in [2.75, 3.05) is 38.0 Å². The van der Waals surface area contributed by atoms with Crippen LogP contribution in [-0.4, -0.2) is 42.9 Å². The average Bonchev–Trinajstić information content (AvgIpc) is 2.12. The fourth-order valence-corrected chi connectivity index (χ4v) is 2.00. The summed E-state index contributed by atoms with van der Waals surface area (Å²) in [5.74, 6) is 2.81. The number of hydrogen-bond acceptors (Lipinski definition) is 2. The molecule has 0 radical (unpaired) electrons. The molecule has 0 aliphatic heterocycles. The first-order valence-corrected chi connectivity index (χ1v) is 6.87. The number of hydrogen-bond donors (Lipinski definition) is 0. The topological polar surface area (TPSA) is 3.24 Å². The van der Waals surface area contributed by atoms with Crippen molar-refractivity contribution < 1.29 is 0 Å². The van der Waals surface area contributed by atoms with Gasteiger partial charge in [-0.2, -0.15) is 11.8 Å².